The third kappa shape index (κ3) is 4.20. The van der Waals surface area contributed by atoms with Gasteiger partial charge in [0.2, 0.25) is 11.8 Å². The fourth-order valence-electron chi connectivity index (χ4n) is 4.30. The van der Waals surface area contributed by atoms with Crippen LogP contribution in [0.3, 0.4) is 0 Å². The van der Waals surface area contributed by atoms with Crippen LogP contribution in [0.15, 0.2) is 42.5 Å². The number of fused-ring (bicyclic) bond motifs is 1. The predicted molar refractivity (Wildman–Crippen MR) is 111 cm³/mol. The molecule has 0 radical (unpaired) electrons. The number of piperidine rings is 1. The molecule has 0 saturated carbocycles. The van der Waals surface area contributed by atoms with Crippen LogP contribution in [0.5, 0.6) is 0 Å². The molecule has 28 heavy (non-hydrogen) atoms. The van der Waals surface area contributed by atoms with E-state index >= 15 is 0 Å². The molecule has 0 aromatic heterocycles. The zero-order valence-electron chi connectivity index (χ0n) is 16.6. The Labute approximate surface area is 166 Å². The van der Waals surface area contributed by atoms with Crippen molar-refractivity contribution in [2.24, 2.45) is 5.92 Å². The normalized spacial score (nSPS) is 21.7. The second-order valence-electron chi connectivity index (χ2n) is 8.23. The topological polar surface area (TPSA) is 52.7 Å². The van der Waals surface area contributed by atoms with Gasteiger partial charge in [-0.1, -0.05) is 43.3 Å². The van der Waals surface area contributed by atoms with E-state index in [4.69, 9.17) is 0 Å². The molecule has 2 aromatic rings. The summed E-state index contributed by atoms with van der Waals surface area (Å²) in [6.45, 7) is 5.97. The van der Waals surface area contributed by atoms with Crippen LogP contribution in [0.2, 0.25) is 0 Å². The standard InChI is InChI=1S/C23H29N3O2/c1-17-8-11-25(12-9-17)22(27)15-21-23(28)24-10-13-26(21)16-18-6-7-19-4-2-3-5-20(19)14-18/h2-7,14,17,21H,8-13,15-16H2,1H3,(H,24,28)/t21-/m1/s1. The van der Waals surface area contributed by atoms with Gasteiger partial charge in [-0.25, -0.2) is 0 Å². The number of benzene rings is 2. The third-order valence-corrected chi connectivity index (χ3v) is 6.15. The molecule has 0 unspecified atom stereocenters. The number of amides is 2. The first-order valence-electron chi connectivity index (χ1n) is 10.4. The number of piperazine rings is 1. The van der Waals surface area contributed by atoms with Crippen molar-refractivity contribution >= 4 is 22.6 Å². The van der Waals surface area contributed by atoms with Crippen molar-refractivity contribution in [3.05, 3.63) is 48.0 Å². The van der Waals surface area contributed by atoms with Crippen molar-refractivity contribution in [1.82, 2.24) is 15.1 Å². The van der Waals surface area contributed by atoms with E-state index in [0.717, 1.165) is 32.5 Å². The van der Waals surface area contributed by atoms with Gasteiger partial charge in [-0.2, -0.15) is 0 Å². The number of carbonyl (C=O) groups excluding carboxylic acids is 2. The molecule has 5 nitrogen and oxygen atoms in total. The summed E-state index contributed by atoms with van der Waals surface area (Å²) in [5.41, 5.74) is 1.18. The van der Waals surface area contributed by atoms with Gasteiger partial charge in [0, 0.05) is 32.7 Å². The number of hydrogen-bond donors (Lipinski definition) is 1. The number of hydrogen-bond acceptors (Lipinski definition) is 3. The third-order valence-electron chi connectivity index (χ3n) is 6.15. The monoisotopic (exact) mass is 379 g/mol. The average Bonchev–Trinajstić information content (AvgIpc) is 2.71. The van der Waals surface area contributed by atoms with Gasteiger partial charge in [0.1, 0.15) is 0 Å². The first-order chi connectivity index (χ1) is 13.6. The lowest BCUT2D eigenvalue weighted by molar-refractivity contribution is -0.140. The second kappa shape index (κ2) is 8.31. The molecule has 1 N–H and O–H groups in total. The van der Waals surface area contributed by atoms with E-state index in [2.05, 4.69) is 47.5 Å². The molecule has 1 atom stereocenters. The summed E-state index contributed by atoms with van der Waals surface area (Å²) < 4.78 is 0. The molecule has 148 valence electrons. The lowest BCUT2D eigenvalue weighted by atomic mass is 9.98. The number of carbonyl (C=O) groups is 2. The minimum Gasteiger partial charge on any atom is -0.353 e. The number of nitrogens with zero attached hydrogens (tertiary/aromatic N) is 2. The van der Waals surface area contributed by atoms with E-state index in [1.165, 1.54) is 16.3 Å². The zero-order valence-corrected chi connectivity index (χ0v) is 16.6. The molecular formula is C23H29N3O2. The molecule has 0 aliphatic carbocycles. The summed E-state index contributed by atoms with van der Waals surface area (Å²) in [5, 5.41) is 5.36. The SMILES string of the molecule is CC1CCN(C(=O)C[C@@H]2C(=O)NCCN2Cc2ccc3ccccc3c2)CC1. The Hall–Kier alpha value is -2.40. The zero-order chi connectivity index (χ0) is 19.5. The lowest BCUT2D eigenvalue weighted by Crippen LogP contribution is -2.56. The fourth-order valence-corrected chi connectivity index (χ4v) is 4.30. The Kier molecular flexibility index (Phi) is 5.62. The molecule has 2 heterocycles. The first-order valence-corrected chi connectivity index (χ1v) is 10.4. The van der Waals surface area contributed by atoms with Crippen molar-refractivity contribution in [2.45, 2.75) is 38.8 Å². The number of nitrogens with one attached hydrogen (secondary N) is 1. The van der Waals surface area contributed by atoms with Gasteiger partial charge in [0.15, 0.2) is 0 Å². The summed E-state index contributed by atoms with van der Waals surface area (Å²) in [5.74, 6) is 0.773. The Morgan fingerprint density at radius 3 is 2.61 bits per heavy atom. The summed E-state index contributed by atoms with van der Waals surface area (Å²) in [4.78, 5) is 29.5. The average molecular weight is 380 g/mol. The minimum atomic E-state index is -0.382. The van der Waals surface area contributed by atoms with Gasteiger partial charge in [-0.3, -0.25) is 14.5 Å². The molecule has 2 saturated heterocycles. The largest absolute Gasteiger partial charge is 0.353 e. The Bertz CT molecular complexity index is 858. The van der Waals surface area contributed by atoms with E-state index < -0.39 is 0 Å². The van der Waals surface area contributed by atoms with E-state index in [0.29, 0.717) is 19.0 Å². The van der Waals surface area contributed by atoms with Crippen LogP contribution in [0, 0.1) is 5.92 Å². The van der Waals surface area contributed by atoms with Crippen molar-refractivity contribution in [2.75, 3.05) is 26.2 Å². The Morgan fingerprint density at radius 1 is 1.07 bits per heavy atom. The van der Waals surface area contributed by atoms with Gasteiger partial charge in [-0.05, 0) is 41.2 Å². The summed E-state index contributed by atoms with van der Waals surface area (Å²) in [6, 6.07) is 14.4. The van der Waals surface area contributed by atoms with Crippen LogP contribution in [0.1, 0.15) is 31.7 Å². The molecule has 2 aromatic carbocycles. The summed E-state index contributed by atoms with van der Waals surface area (Å²) in [7, 11) is 0. The minimum absolute atomic E-state index is 0.0224. The van der Waals surface area contributed by atoms with E-state index in [1.807, 2.05) is 17.0 Å². The maximum Gasteiger partial charge on any atom is 0.237 e. The summed E-state index contributed by atoms with van der Waals surface area (Å²) >= 11 is 0. The molecular weight excluding hydrogens is 350 g/mol. The molecule has 2 aliphatic rings. The molecule has 0 spiro atoms. The van der Waals surface area contributed by atoms with E-state index in [-0.39, 0.29) is 24.3 Å². The second-order valence-corrected chi connectivity index (χ2v) is 8.23. The lowest BCUT2D eigenvalue weighted by Gasteiger charge is -2.37. The van der Waals surface area contributed by atoms with Crippen LogP contribution in [-0.2, 0) is 16.1 Å². The Balaban J connectivity index is 1.46. The highest BCUT2D eigenvalue weighted by Crippen LogP contribution is 2.21. The predicted octanol–water partition coefficient (Wildman–Crippen LogP) is 2.79. The van der Waals surface area contributed by atoms with Crippen LogP contribution in [0.25, 0.3) is 10.8 Å². The van der Waals surface area contributed by atoms with Gasteiger partial charge in [0.05, 0.1) is 12.5 Å². The molecule has 2 aliphatic heterocycles. The first kappa shape index (κ1) is 18.9. The van der Waals surface area contributed by atoms with Crippen LogP contribution < -0.4 is 5.32 Å². The highest BCUT2D eigenvalue weighted by molar-refractivity contribution is 5.89. The molecule has 2 amide bonds. The van der Waals surface area contributed by atoms with Gasteiger partial charge in [-0.15, -0.1) is 0 Å². The van der Waals surface area contributed by atoms with Crippen LogP contribution in [0.4, 0.5) is 0 Å². The molecule has 4 rings (SSSR count). The number of rotatable bonds is 4. The van der Waals surface area contributed by atoms with Crippen molar-refractivity contribution < 1.29 is 9.59 Å². The fraction of sp³-hybridized carbons (Fsp3) is 0.478. The van der Waals surface area contributed by atoms with Gasteiger partial charge < -0.3 is 10.2 Å². The Morgan fingerprint density at radius 2 is 1.82 bits per heavy atom. The van der Waals surface area contributed by atoms with Gasteiger partial charge in [0.25, 0.3) is 0 Å². The van der Waals surface area contributed by atoms with Crippen molar-refractivity contribution in [1.29, 1.82) is 0 Å². The van der Waals surface area contributed by atoms with Crippen molar-refractivity contribution in [3.63, 3.8) is 0 Å². The molecule has 2 fully saturated rings. The highest BCUT2D eigenvalue weighted by Gasteiger charge is 2.33. The highest BCUT2D eigenvalue weighted by atomic mass is 16.2. The van der Waals surface area contributed by atoms with Crippen molar-refractivity contribution in [3.8, 4) is 0 Å². The van der Waals surface area contributed by atoms with Crippen LogP contribution in [-0.4, -0.2) is 53.8 Å². The molecule has 0 bridgehead atoms. The summed E-state index contributed by atoms with van der Waals surface area (Å²) in [6.07, 6.45) is 2.39. The van der Waals surface area contributed by atoms with E-state index in [9.17, 15) is 9.59 Å². The van der Waals surface area contributed by atoms with Gasteiger partial charge >= 0.3 is 0 Å². The quantitative estimate of drug-likeness (QED) is 0.889. The van der Waals surface area contributed by atoms with Crippen LogP contribution >= 0.6 is 0 Å². The number of likely N-dealkylation sites (tertiary alicyclic amines) is 1. The van der Waals surface area contributed by atoms with E-state index in [1.54, 1.807) is 0 Å². The molecule has 5 heteroatoms. The smallest absolute Gasteiger partial charge is 0.237 e. The maximum atomic E-state index is 12.8. The maximum absolute atomic E-state index is 12.8.